The first-order chi connectivity index (χ1) is 26.8. The van der Waals surface area contributed by atoms with E-state index in [-0.39, 0.29) is 0 Å². The van der Waals surface area contributed by atoms with Crippen molar-refractivity contribution in [1.29, 1.82) is 0 Å². The van der Waals surface area contributed by atoms with Gasteiger partial charge in [0.2, 0.25) is 0 Å². The van der Waals surface area contributed by atoms with Crippen LogP contribution in [-0.2, 0) is 0 Å². The molecular weight excluding hydrogens is 679 g/mol. The Hall–Kier alpha value is -7.02. The van der Waals surface area contributed by atoms with Crippen LogP contribution in [0.3, 0.4) is 0 Å². The Kier molecular flexibility index (Phi) is 6.97. The van der Waals surface area contributed by atoms with Gasteiger partial charge in [0.1, 0.15) is 5.82 Å². The summed E-state index contributed by atoms with van der Waals surface area (Å²) < 4.78 is 4.83. The minimum atomic E-state index is 0.609. The molecule has 0 fully saturated rings. The largest absolute Gasteiger partial charge is 0.292 e. The van der Waals surface area contributed by atoms with Gasteiger partial charge in [-0.15, -0.1) is 11.3 Å². The SMILES string of the molecule is c1ccc(-c2nc(-c3ccccc3)nc(-c3cccc(-n4c(-c5cccc6c5sc5ccccc56)nc5c6ccccc6c6ccccc6c54)c3)n2)cc1. The van der Waals surface area contributed by atoms with Crippen LogP contribution in [0.4, 0.5) is 0 Å². The average molecular weight is 708 g/mol. The van der Waals surface area contributed by atoms with Gasteiger partial charge in [-0.3, -0.25) is 4.57 Å². The summed E-state index contributed by atoms with van der Waals surface area (Å²) in [5.41, 5.74) is 6.88. The first kappa shape index (κ1) is 30.6. The number of aromatic nitrogens is 5. The second-order valence-electron chi connectivity index (χ2n) is 13.4. The van der Waals surface area contributed by atoms with Gasteiger partial charge in [0.25, 0.3) is 0 Å². The van der Waals surface area contributed by atoms with Crippen molar-refractivity contribution in [3.05, 3.63) is 176 Å². The summed E-state index contributed by atoms with van der Waals surface area (Å²) in [5, 5.41) is 7.17. The first-order valence-corrected chi connectivity index (χ1v) is 18.8. The normalized spacial score (nSPS) is 11.7. The minimum Gasteiger partial charge on any atom is -0.292 e. The van der Waals surface area contributed by atoms with Crippen LogP contribution in [0, 0.1) is 0 Å². The van der Waals surface area contributed by atoms with E-state index in [0.29, 0.717) is 17.5 Å². The van der Waals surface area contributed by atoms with E-state index < -0.39 is 0 Å². The number of fused-ring (bicyclic) bond motifs is 9. The molecule has 0 aliphatic rings. The standard InChI is InChI=1S/C48H29N5S/c1-3-15-30(16-4-1)45-50-46(31-17-5-2-6-18-31)52-47(51-45)32-19-13-20-33(29-32)53-43-38-25-10-8-22-35(38)34-21-7-9-24-37(34)42(43)49-48(53)40-27-14-26-39-36-23-11-12-28-41(36)54-44(39)40/h1-29H. The van der Waals surface area contributed by atoms with Gasteiger partial charge < -0.3 is 0 Å². The van der Waals surface area contributed by atoms with E-state index in [1.54, 1.807) is 0 Å². The van der Waals surface area contributed by atoms with Gasteiger partial charge in [-0.2, -0.15) is 0 Å². The maximum absolute atomic E-state index is 5.60. The molecule has 5 nitrogen and oxygen atoms in total. The van der Waals surface area contributed by atoms with E-state index in [0.717, 1.165) is 55.6 Å². The minimum absolute atomic E-state index is 0.609. The quantitative estimate of drug-likeness (QED) is 0.167. The molecule has 0 unspecified atom stereocenters. The van der Waals surface area contributed by atoms with Crippen molar-refractivity contribution in [2.75, 3.05) is 0 Å². The van der Waals surface area contributed by atoms with E-state index in [2.05, 4.69) is 120 Å². The van der Waals surface area contributed by atoms with Crippen LogP contribution in [0.1, 0.15) is 0 Å². The van der Waals surface area contributed by atoms with Crippen LogP contribution >= 0.6 is 11.3 Å². The Morgan fingerprint density at radius 2 is 0.907 bits per heavy atom. The zero-order valence-corrected chi connectivity index (χ0v) is 29.7. The number of nitrogens with zero attached hydrogens (tertiary/aromatic N) is 5. The Balaban J connectivity index is 1.22. The summed E-state index contributed by atoms with van der Waals surface area (Å²) in [4.78, 5) is 20.7. The van der Waals surface area contributed by atoms with Crippen molar-refractivity contribution in [2.24, 2.45) is 0 Å². The molecule has 0 saturated carbocycles. The van der Waals surface area contributed by atoms with Gasteiger partial charge in [-0.25, -0.2) is 19.9 Å². The second-order valence-corrected chi connectivity index (χ2v) is 14.5. The maximum atomic E-state index is 5.60. The average Bonchev–Trinajstić information content (AvgIpc) is 3.84. The van der Waals surface area contributed by atoms with Crippen LogP contribution in [0.2, 0.25) is 0 Å². The van der Waals surface area contributed by atoms with Crippen molar-refractivity contribution in [2.45, 2.75) is 0 Å². The molecule has 3 heterocycles. The van der Waals surface area contributed by atoms with Gasteiger partial charge in [-0.05, 0) is 35.0 Å². The van der Waals surface area contributed by atoms with E-state index >= 15 is 0 Å². The molecule has 0 spiro atoms. The lowest BCUT2D eigenvalue weighted by Gasteiger charge is -2.14. The highest BCUT2D eigenvalue weighted by molar-refractivity contribution is 7.26. The highest BCUT2D eigenvalue weighted by Gasteiger charge is 2.23. The number of thiophene rings is 1. The van der Waals surface area contributed by atoms with Gasteiger partial charge in [-0.1, -0.05) is 152 Å². The van der Waals surface area contributed by atoms with Crippen molar-refractivity contribution in [3.8, 4) is 51.2 Å². The van der Waals surface area contributed by atoms with Gasteiger partial charge in [0, 0.05) is 58.9 Å². The zero-order valence-electron chi connectivity index (χ0n) is 28.9. The predicted molar refractivity (Wildman–Crippen MR) is 224 cm³/mol. The van der Waals surface area contributed by atoms with Crippen molar-refractivity contribution in [3.63, 3.8) is 0 Å². The molecule has 6 heteroatoms. The first-order valence-electron chi connectivity index (χ1n) is 18.0. The highest BCUT2D eigenvalue weighted by Crippen LogP contribution is 2.44. The summed E-state index contributed by atoms with van der Waals surface area (Å²) >= 11 is 1.82. The lowest BCUT2D eigenvalue weighted by Crippen LogP contribution is -2.02. The summed E-state index contributed by atoms with van der Waals surface area (Å²) in [6, 6.07) is 61.3. The van der Waals surface area contributed by atoms with Crippen LogP contribution in [0.15, 0.2) is 176 Å². The molecule has 11 aromatic rings. The fourth-order valence-electron chi connectivity index (χ4n) is 7.78. The molecule has 0 N–H and O–H groups in total. The van der Waals surface area contributed by atoms with Crippen LogP contribution in [0.25, 0.3) is 104 Å². The third-order valence-corrected chi connectivity index (χ3v) is 11.5. The predicted octanol–water partition coefficient (Wildman–Crippen LogP) is 12.6. The Labute approximate surface area is 314 Å². The third kappa shape index (κ3) is 4.85. The van der Waals surface area contributed by atoms with Gasteiger partial charge in [0.15, 0.2) is 17.5 Å². The van der Waals surface area contributed by atoms with Crippen molar-refractivity contribution in [1.82, 2.24) is 24.5 Å². The summed E-state index contributed by atoms with van der Waals surface area (Å²) in [6.07, 6.45) is 0. The van der Waals surface area contributed by atoms with Crippen LogP contribution < -0.4 is 0 Å². The summed E-state index contributed by atoms with van der Waals surface area (Å²) in [6.45, 7) is 0. The van der Waals surface area contributed by atoms with E-state index in [4.69, 9.17) is 19.9 Å². The Morgan fingerprint density at radius 1 is 0.389 bits per heavy atom. The van der Waals surface area contributed by atoms with Crippen LogP contribution in [0.5, 0.6) is 0 Å². The van der Waals surface area contributed by atoms with Gasteiger partial charge in [0.05, 0.1) is 11.0 Å². The van der Waals surface area contributed by atoms with Gasteiger partial charge >= 0.3 is 0 Å². The number of hydrogen-bond donors (Lipinski definition) is 0. The molecule has 8 aromatic carbocycles. The highest BCUT2D eigenvalue weighted by atomic mass is 32.1. The lowest BCUT2D eigenvalue weighted by atomic mass is 10.00. The number of rotatable bonds is 5. The van der Waals surface area contributed by atoms with E-state index in [9.17, 15) is 0 Å². The van der Waals surface area contributed by atoms with E-state index in [1.807, 2.05) is 72.0 Å². The molecule has 0 amide bonds. The topological polar surface area (TPSA) is 56.5 Å². The smallest absolute Gasteiger partial charge is 0.164 e. The summed E-state index contributed by atoms with van der Waals surface area (Å²) in [7, 11) is 0. The molecule has 0 bridgehead atoms. The second kappa shape index (κ2) is 12.3. The molecule has 0 radical (unpaired) electrons. The third-order valence-electron chi connectivity index (χ3n) is 10.2. The summed E-state index contributed by atoms with van der Waals surface area (Å²) in [5.74, 6) is 2.77. The molecule has 0 aliphatic carbocycles. The lowest BCUT2D eigenvalue weighted by molar-refractivity contribution is 1.07. The molecule has 3 aromatic heterocycles. The number of imidazole rings is 1. The van der Waals surface area contributed by atoms with Crippen LogP contribution in [-0.4, -0.2) is 24.5 Å². The molecule has 0 aliphatic heterocycles. The maximum Gasteiger partial charge on any atom is 0.164 e. The van der Waals surface area contributed by atoms with E-state index in [1.165, 1.54) is 30.9 Å². The molecule has 252 valence electrons. The monoisotopic (exact) mass is 707 g/mol. The van der Waals surface area contributed by atoms with Crippen molar-refractivity contribution >= 4 is 64.1 Å². The molecule has 54 heavy (non-hydrogen) atoms. The number of hydrogen-bond acceptors (Lipinski definition) is 5. The molecule has 11 rings (SSSR count). The molecule has 0 atom stereocenters. The Bertz CT molecular complexity index is 3160. The fraction of sp³-hybridized carbons (Fsp3) is 0. The van der Waals surface area contributed by atoms with Crippen molar-refractivity contribution < 1.29 is 0 Å². The molecular formula is C48H29N5S. The Morgan fingerprint density at radius 3 is 1.61 bits per heavy atom. The number of benzene rings is 8. The zero-order chi connectivity index (χ0) is 35.6. The fourth-order valence-corrected chi connectivity index (χ4v) is 8.99. The molecule has 0 saturated heterocycles.